The second-order valence-corrected chi connectivity index (χ2v) is 7.47. The van der Waals surface area contributed by atoms with Gasteiger partial charge in [0.25, 0.3) is 11.8 Å². The molecule has 2 amide bonds. The smallest absolute Gasteiger partial charge is 0.255 e. The van der Waals surface area contributed by atoms with Gasteiger partial charge in [-0.1, -0.05) is 36.4 Å². The maximum Gasteiger partial charge on any atom is 0.255 e. The molecule has 0 aliphatic heterocycles. The van der Waals surface area contributed by atoms with Crippen LogP contribution in [0, 0.1) is 0 Å². The van der Waals surface area contributed by atoms with Crippen LogP contribution < -0.4 is 10.1 Å². The van der Waals surface area contributed by atoms with E-state index in [1.165, 1.54) is 0 Å². The predicted molar refractivity (Wildman–Crippen MR) is 125 cm³/mol. The van der Waals surface area contributed by atoms with Gasteiger partial charge in [-0.3, -0.25) is 9.59 Å². The van der Waals surface area contributed by atoms with Crippen LogP contribution in [0.25, 0.3) is 0 Å². The van der Waals surface area contributed by atoms with Crippen molar-refractivity contribution in [1.82, 2.24) is 4.90 Å². The molecule has 32 heavy (non-hydrogen) atoms. The van der Waals surface area contributed by atoms with Crippen LogP contribution in [0.5, 0.6) is 5.75 Å². The number of benzene rings is 3. The SMILES string of the molecule is CCOc1ccccc1CN(C[C@@H](C)O)C(=O)c1ccc(NC(=O)c2ccccc2)cc1. The van der Waals surface area contributed by atoms with Crippen molar-refractivity contribution in [3.8, 4) is 5.75 Å². The van der Waals surface area contributed by atoms with E-state index in [-0.39, 0.29) is 18.4 Å². The molecule has 0 aliphatic carbocycles. The molecule has 0 saturated carbocycles. The molecule has 0 spiro atoms. The maximum atomic E-state index is 13.2. The van der Waals surface area contributed by atoms with Gasteiger partial charge < -0.3 is 20.1 Å². The van der Waals surface area contributed by atoms with E-state index in [0.717, 1.165) is 11.3 Å². The summed E-state index contributed by atoms with van der Waals surface area (Å²) >= 11 is 0. The first-order valence-electron chi connectivity index (χ1n) is 10.6. The number of carbonyl (C=O) groups is 2. The van der Waals surface area contributed by atoms with Crippen molar-refractivity contribution < 1.29 is 19.4 Å². The molecular formula is C26H28N2O4. The van der Waals surface area contributed by atoms with E-state index in [9.17, 15) is 14.7 Å². The highest BCUT2D eigenvalue weighted by molar-refractivity contribution is 6.04. The first-order chi connectivity index (χ1) is 15.5. The zero-order chi connectivity index (χ0) is 22.9. The predicted octanol–water partition coefficient (Wildman–Crippen LogP) is 4.36. The fourth-order valence-electron chi connectivity index (χ4n) is 3.35. The molecule has 2 N–H and O–H groups in total. The van der Waals surface area contributed by atoms with Gasteiger partial charge in [0.15, 0.2) is 0 Å². The highest BCUT2D eigenvalue weighted by atomic mass is 16.5. The quantitative estimate of drug-likeness (QED) is 0.527. The Morgan fingerprint density at radius 3 is 2.25 bits per heavy atom. The second kappa shape index (κ2) is 11.1. The van der Waals surface area contributed by atoms with Gasteiger partial charge in [0, 0.05) is 35.5 Å². The Kier molecular flexibility index (Phi) is 8.00. The monoisotopic (exact) mass is 432 g/mol. The van der Waals surface area contributed by atoms with Crippen molar-refractivity contribution in [2.75, 3.05) is 18.5 Å². The molecule has 1 atom stereocenters. The standard InChI is InChI=1S/C26H28N2O4/c1-3-32-24-12-8-7-11-22(24)18-28(17-19(2)29)26(31)21-13-15-23(16-14-21)27-25(30)20-9-5-4-6-10-20/h4-16,19,29H,3,17-18H2,1-2H3,(H,27,30)/t19-/m1/s1. The van der Waals surface area contributed by atoms with Crippen molar-refractivity contribution in [2.24, 2.45) is 0 Å². The Labute approximate surface area is 188 Å². The van der Waals surface area contributed by atoms with E-state index in [1.807, 2.05) is 37.3 Å². The minimum atomic E-state index is -0.678. The van der Waals surface area contributed by atoms with Gasteiger partial charge in [-0.25, -0.2) is 0 Å². The molecule has 0 fully saturated rings. The molecule has 3 rings (SSSR count). The molecule has 0 aromatic heterocycles. The molecule has 6 heteroatoms. The van der Waals surface area contributed by atoms with Crippen LogP contribution in [-0.4, -0.2) is 41.1 Å². The molecule has 0 saturated heterocycles. The first kappa shape index (κ1) is 23.0. The van der Waals surface area contributed by atoms with Gasteiger partial charge in [0.05, 0.1) is 12.7 Å². The highest BCUT2D eigenvalue weighted by Crippen LogP contribution is 2.22. The number of anilines is 1. The zero-order valence-corrected chi connectivity index (χ0v) is 18.3. The Hall–Kier alpha value is -3.64. The number of nitrogens with one attached hydrogen (secondary N) is 1. The molecule has 0 aliphatic rings. The summed E-state index contributed by atoms with van der Waals surface area (Å²) < 4.78 is 5.68. The summed E-state index contributed by atoms with van der Waals surface area (Å²) in [4.78, 5) is 27.1. The number of nitrogens with zero attached hydrogens (tertiary/aromatic N) is 1. The average Bonchev–Trinajstić information content (AvgIpc) is 2.80. The van der Waals surface area contributed by atoms with Crippen LogP contribution >= 0.6 is 0 Å². The lowest BCUT2D eigenvalue weighted by atomic mass is 10.1. The van der Waals surface area contributed by atoms with Crippen molar-refractivity contribution >= 4 is 17.5 Å². The van der Waals surface area contributed by atoms with Gasteiger partial charge in [-0.15, -0.1) is 0 Å². The minimum Gasteiger partial charge on any atom is -0.494 e. The molecule has 6 nitrogen and oxygen atoms in total. The topological polar surface area (TPSA) is 78.9 Å². The Morgan fingerprint density at radius 2 is 1.59 bits per heavy atom. The summed E-state index contributed by atoms with van der Waals surface area (Å²) in [5.74, 6) is 0.295. The van der Waals surface area contributed by atoms with E-state index < -0.39 is 6.10 Å². The third-order valence-electron chi connectivity index (χ3n) is 4.83. The lowest BCUT2D eigenvalue weighted by molar-refractivity contribution is 0.0628. The largest absolute Gasteiger partial charge is 0.494 e. The van der Waals surface area contributed by atoms with Gasteiger partial charge >= 0.3 is 0 Å². The lowest BCUT2D eigenvalue weighted by Crippen LogP contribution is -2.36. The number of amides is 2. The van der Waals surface area contributed by atoms with E-state index in [1.54, 1.807) is 60.4 Å². The average molecular weight is 433 g/mol. The number of hydrogen-bond donors (Lipinski definition) is 2. The number of ether oxygens (including phenoxy) is 1. The van der Waals surface area contributed by atoms with Crippen LogP contribution in [0.2, 0.25) is 0 Å². The van der Waals surface area contributed by atoms with Gasteiger partial charge in [-0.2, -0.15) is 0 Å². The number of rotatable bonds is 9. The maximum absolute atomic E-state index is 13.2. The summed E-state index contributed by atoms with van der Waals surface area (Å²) in [7, 11) is 0. The van der Waals surface area contributed by atoms with Gasteiger partial charge in [0.2, 0.25) is 0 Å². The Balaban J connectivity index is 1.74. The molecular weight excluding hydrogens is 404 g/mol. The number of aliphatic hydroxyl groups is 1. The van der Waals surface area contributed by atoms with Crippen LogP contribution in [-0.2, 0) is 6.54 Å². The van der Waals surface area contributed by atoms with Crippen LogP contribution in [0.1, 0.15) is 40.1 Å². The Morgan fingerprint density at radius 1 is 0.938 bits per heavy atom. The fourth-order valence-corrected chi connectivity index (χ4v) is 3.35. The molecule has 0 radical (unpaired) electrons. The highest BCUT2D eigenvalue weighted by Gasteiger charge is 2.20. The molecule has 0 unspecified atom stereocenters. The third-order valence-corrected chi connectivity index (χ3v) is 4.83. The third kappa shape index (κ3) is 6.18. The second-order valence-electron chi connectivity index (χ2n) is 7.47. The summed E-state index contributed by atoms with van der Waals surface area (Å²) in [6, 6.07) is 23.2. The van der Waals surface area contributed by atoms with Crippen molar-refractivity contribution in [1.29, 1.82) is 0 Å². The van der Waals surface area contributed by atoms with E-state index >= 15 is 0 Å². The normalized spacial score (nSPS) is 11.5. The van der Waals surface area contributed by atoms with Crippen molar-refractivity contribution in [3.05, 3.63) is 95.6 Å². The summed E-state index contributed by atoms with van der Waals surface area (Å²) in [6.07, 6.45) is -0.678. The summed E-state index contributed by atoms with van der Waals surface area (Å²) in [6.45, 7) is 4.58. The zero-order valence-electron chi connectivity index (χ0n) is 18.3. The van der Waals surface area contributed by atoms with Crippen LogP contribution in [0.3, 0.4) is 0 Å². The summed E-state index contributed by atoms with van der Waals surface area (Å²) in [5.41, 5.74) is 2.50. The van der Waals surface area contributed by atoms with E-state index in [2.05, 4.69) is 5.32 Å². The van der Waals surface area contributed by atoms with Crippen LogP contribution in [0.15, 0.2) is 78.9 Å². The number of hydrogen-bond acceptors (Lipinski definition) is 4. The molecule has 166 valence electrons. The Bertz CT molecular complexity index is 1030. The van der Waals surface area contributed by atoms with Gasteiger partial charge in [0.1, 0.15) is 5.75 Å². The van der Waals surface area contributed by atoms with E-state index in [0.29, 0.717) is 30.0 Å². The number of aliphatic hydroxyl groups excluding tert-OH is 1. The molecule has 0 bridgehead atoms. The number of para-hydroxylation sites is 1. The lowest BCUT2D eigenvalue weighted by Gasteiger charge is -2.25. The van der Waals surface area contributed by atoms with E-state index in [4.69, 9.17) is 4.74 Å². The van der Waals surface area contributed by atoms with Crippen molar-refractivity contribution in [3.63, 3.8) is 0 Å². The van der Waals surface area contributed by atoms with Gasteiger partial charge in [-0.05, 0) is 56.3 Å². The van der Waals surface area contributed by atoms with Crippen molar-refractivity contribution in [2.45, 2.75) is 26.5 Å². The van der Waals surface area contributed by atoms with Crippen LogP contribution in [0.4, 0.5) is 5.69 Å². The molecule has 0 heterocycles. The first-order valence-corrected chi connectivity index (χ1v) is 10.6. The molecule has 3 aromatic carbocycles. The minimum absolute atomic E-state index is 0.186. The molecule has 3 aromatic rings. The number of carbonyl (C=O) groups excluding carboxylic acids is 2. The summed E-state index contributed by atoms with van der Waals surface area (Å²) in [5, 5.41) is 12.8. The fraction of sp³-hybridized carbons (Fsp3) is 0.231.